The number of ketones is 1. The van der Waals surface area contributed by atoms with Crippen molar-refractivity contribution < 1.29 is 4.79 Å². The predicted molar refractivity (Wildman–Crippen MR) is 83.6 cm³/mol. The van der Waals surface area contributed by atoms with Crippen LogP contribution in [0.1, 0.15) is 42.6 Å². The van der Waals surface area contributed by atoms with Crippen LogP contribution >= 0.6 is 0 Å². The van der Waals surface area contributed by atoms with Gasteiger partial charge in [-0.2, -0.15) is 5.10 Å². The Morgan fingerprint density at radius 3 is 2.48 bits per heavy atom. The lowest BCUT2D eigenvalue weighted by atomic mass is 10.1. The largest absolute Gasteiger partial charge is 0.294 e. The number of hydrogen-bond acceptors (Lipinski definition) is 3. The zero-order valence-corrected chi connectivity index (χ0v) is 12.7. The van der Waals surface area contributed by atoms with Crippen LogP contribution in [0, 0.1) is 6.92 Å². The third kappa shape index (κ3) is 3.45. The highest BCUT2D eigenvalue weighted by Gasteiger charge is 2.13. The van der Waals surface area contributed by atoms with E-state index in [1.165, 1.54) is 11.6 Å². The molecule has 0 saturated heterocycles. The van der Waals surface area contributed by atoms with E-state index in [0.717, 1.165) is 24.0 Å². The summed E-state index contributed by atoms with van der Waals surface area (Å²) >= 11 is 0. The van der Waals surface area contributed by atoms with Crippen LogP contribution in [0.15, 0.2) is 35.1 Å². The lowest BCUT2D eigenvalue weighted by molar-refractivity contribution is 0.101. The molecule has 1 aromatic carbocycles. The molecule has 21 heavy (non-hydrogen) atoms. The number of hydrogen-bond donors (Lipinski definition) is 0. The van der Waals surface area contributed by atoms with Gasteiger partial charge in [-0.15, -0.1) is 0 Å². The Hall–Kier alpha value is -2.23. The van der Waals surface area contributed by atoms with E-state index in [9.17, 15) is 9.59 Å². The smallest absolute Gasteiger partial charge is 0.277 e. The van der Waals surface area contributed by atoms with Crippen LogP contribution in [0.5, 0.6) is 0 Å². The molecule has 0 aliphatic carbocycles. The molecule has 0 bridgehead atoms. The molecule has 2 aromatic rings. The van der Waals surface area contributed by atoms with Crippen molar-refractivity contribution in [1.29, 1.82) is 0 Å². The summed E-state index contributed by atoms with van der Waals surface area (Å²) < 4.78 is 1.41. The maximum Gasteiger partial charge on any atom is 0.277 e. The highest BCUT2D eigenvalue weighted by Crippen LogP contribution is 2.17. The number of unbranched alkanes of at least 4 members (excludes halogenated alkanes) is 1. The molecule has 0 fully saturated rings. The third-order valence-electron chi connectivity index (χ3n) is 3.42. The molecule has 110 valence electrons. The quantitative estimate of drug-likeness (QED) is 0.792. The number of carbonyl (C=O) groups excluding carboxylic acids is 1. The second-order valence-electron chi connectivity index (χ2n) is 5.25. The molecule has 4 nitrogen and oxygen atoms in total. The number of benzene rings is 1. The minimum atomic E-state index is -0.299. The van der Waals surface area contributed by atoms with Crippen molar-refractivity contribution in [2.24, 2.45) is 0 Å². The molecule has 2 rings (SSSR count). The molecule has 0 amide bonds. The highest BCUT2D eigenvalue weighted by molar-refractivity contribution is 5.94. The van der Waals surface area contributed by atoms with Gasteiger partial charge in [0.2, 0.25) is 0 Å². The normalized spacial score (nSPS) is 10.6. The van der Waals surface area contributed by atoms with Crippen molar-refractivity contribution >= 4 is 5.78 Å². The molecule has 0 atom stereocenters. The summed E-state index contributed by atoms with van der Waals surface area (Å²) in [6, 6.07) is 9.49. The average Bonchev–Trinajstić information content (AvgIpc) is 2.47. The Labute approximate surface area is 124 Å². The van der Waals surface area contributed by atoms with Crippen LogP contribution in [-0.2, 0) is 6.54 Å². The Bertz CT molecular complexity index is 700. The van der Waals surface area contributed by atoms with E-state index < -0.39 is 0 Å². The van der Waals surface area contributed by atoms with Crippen LogP contribution < -0.4 is 5.56 Å². The van der Waals surface area contributed by atoms with Crippen LogP contribution in [-0.4, -0.2) is 15.6 Å². The van der Waals surface area contributed by atoms with Gasteiger partial charge in [-0.25, -0.2) is 4.68 Å². The molecule has 0 N–H and O–H groups in total. The number of aryl methyl sites for hydroxylation is 2. The van der Waals surface area contributed by atoms with Gasteiger partial charge in [0.1, 0.15) is 0 Å². The van der Waals surface area contributed by atoms with Crippen molar-refractivity contribution in [3.63, 3.8) is 0 Å². The summed E-state index contributed by atoms with van der Waals surface area (Å²) in [5.41, 5.74) is 2.64. The first-order valence-electron chi connectivity index (χ1n) is 7.23. The number of aromatic nitrogens is 2. The average molecular weight is 284 g/mol. The zero-order valence-electron chi connectivity index (χ0n) is 12.7. The van der Waals surface area contributed by atoms with Crippen LogP contribution in [0.2, 0.25) is 0 Å². The first kappa shape index (κ1) is 15.2. The monoisotopic (exact) mass is 284 g/mol. The van der Waals surface area contributed by atoms with Gasteiger partial charge in [0.15, 0.2) is 5.78 Å². The van der Waals surface area contributed by atoms with Gasteiger partial charge < -0.3 is 0 Å². The van der Waals surface area contributed by atoms with Crippen molar-refractivity contribution in [3.05, 3.63) is 51.8 Å². The Balaban J connectivity index is 2.55. The van der Waals surface area contributed by atoms with Gasteiger partial charge in [-0.3, -0.25) is 9.59 Å². The fourth-order valence-electron chi connectivity index (χ4n) is 2.12. The summed E-state index contributed by atoms with van der Waals surface area (Å²) in [5.74, 6) is -0.221. The van der Waals surface area contributed by atoms with E-state index in [-0.39, 0.29) is 16.9 Å². The van der Waals surface area contributed by atoms with E-state index in [1.807, 2.05) is 31.2 Å². The molecule has 0 spiro atoms. The molecule has 1 aromatic heterocycles. The minimum absolute atomic E-state index is 0.205. The van der Waals surface area contributed by atoms with E-state index in [1.54, 1.807) is 6.07 Å². The van der Waals surface area contributed by atoms with Crippen LogP contribution in [0.25, 0.3) is 11.3 Å². The Morgan fingerprint density at radius 2 is 1.90 bits per heavy atom. The van der Waals surface area contributed by atoms with Crippen molar-refractivity contribution in [3.8, 4) is 11.3 Å². The maximum absolute atomic E-state index is 12.2. The molecule has 0 aliphatic rings. The first-order chi connectivity index (χ1) is 10.0. The zero-order chi connectivity index (χ0) is 15.4. The number of Topliss-reactive ketones (excluding diaryl/α,β-unsaturated/α-hetero) is 1. The molecule has 0 radical (unpaired) electrons. The fraction of sp³-hybridized carbons (Fsp3) is 0.353. The highest BCUT2D eigenvalue weighted by atomic mass is 16.1. The lowest BCUT2D eigenvalue weighted by Gasteiger charge is -2.09. The summed E-state index contributed by atoms with van der Waals surface area (Å²) in [5, 5.41) is 4.40. The van der Waals surface area contributed by atoms with Gasteiger partial charge in [0.05, 0.1) is 11.3 Å². The maximum atomic E-state index is 12.2. The second kappa shape index (κ2) is 6.48. The standard InChI is InChI=1S/C17H20N2O2/c1-4-5-10-19-17(21)15(13(3)20)11-16(18-19)14-8-6-12(2)7-9-14/h6-9,11H,4-5,10H2,1-3H3. The molecule has 0 saturated carbocycles. The Morgan fingerprint density at radius 1 is 1.24 bits per heavy atom. The van der Waals surface area contributed by atoms with E-state index in [0.29, 0.717) is 12.2 Å². The van der Waals surface area contributed by atoms with Gasteiger partial charge in [0.25, 0.3) is 5.56 Å². The van der Waals surface area contributed by atoms with Crippen molar-refractivity contribution in [2.45, 2.75) is 40.2 Å². The number of carbonyl (C=O) groups is 1. The molecule has 4 heteroatoms. The molecule has 0 aliphatic heterocycles. The first-order valence-corrected chi connectivity index (χ1v) is 7.23. The lowest BCUT2D eigenvalue weighted by Crippen LogP contribution is -2.28. The number of nitrogens with zero attached hydrogens (tertiary/aromatic N) is 2. The van der Waals surface area contributed by atoms with E-state index >= 15 is 0 Å². The molecular weight excluding hydrogens is 264 g/mol. The van der Waals surface area contributed by atoms with Gasteiger partial charge >= 0.3 is 0 Å². The van der Waals surface area contributed by atoms with Crippen molar-refractivity contribution in [1.82, 2.24) is 9.78 Å². The van der Waals surface area contributed by atoms with E-state index in [4.69, 9.17) is 0 Å². The second-order valence-corrected chi connectivity index (χ2v) is 5.25. The topological polar surface area (TPSA) is 52.0 Å². The molecule has 1 heterocycles. The fourth-order valence-corrected chi connectivity index (χ4v) is 2.12. The summed E-state index contributed by atoms with van der Waals surface area (Å²) in [6.07, 6.45) is 1.83. The van der Waals surface area contributed by atoms with Gasteiger partial charge in [0, 0.05) is 12.1 Å². The van der Waals surface area contributed by atoms with Crippen molar-refractivity contribution in [2.75, 3.05) is 0 Å². The summed E-state index contributed by atoms with van der Waals surface area (Å²) in [7, 11) is 0. The molecule has 0 unspecified atom stereocenters. The van der Waals surface area contributed by atoms with Gasteiger partial charge in [-0.05, 0) is 26.3 Å². The third-order valence-corrected chi connectivity index (χ3v) is 3.42. The molecular formula is C17H20N2O2. The summed E-state index contributed by atoms with van der Waals surface area (Å²) in [4.78, 5) is 23.9. The predicted octanol–water partition coefficient (Wildman–Crippen LogP) is 3.22. The van der Waals surface area contributed by atoms with Crippen LogP contribution in [0.4, 0.5) is 0 Å². The Kier molecular flexibility index (Phi) is 4.68. The van der Waals surface area contributed by atoms with Crippen LogP contribution in [0.3, 0.4) is 0 Å². The number of rotatable bonds is 5. The minimum Gasteiger partial charge on any atom is -0.294 e. The van der Waals surface area contributed by atoms with Gasteiger partial charge in [-0.1, -0.05) is 43.2 Å². The summed E-state index contributed by atoms with van der Waals surface area (Å²) in [6.45, 7) is 6.02. The SMILES string of the molecule is CCCCn1nc(-c2ccc(C)cc2)cc(C(C)=O)c1=O. The van der Waals surface area contributed by atoms with E-state index in [2.05, 4.69) is 12.0 Å².